The third-order valence-electron chi connectivity index (χ3n) is 3.13. The molecule has 2 rings (SSSR count). The first-order valence-corrected chi connectivity index (χ1v) is 8.96. The average Bonchev–Trinajstić information content (AvgIpc) is 2.99. The Balaban J connectivity index is 0.00000312. The van der Waals surface area contributed by atoms with Crippen molar-refractivity contribution in [3.05, 3.63) is 55.9 Å². The zero-order valence-electron chi connectivity index (χ0n) is 13.4. The van der Waals surface area contributed by atoms with Crippen LogP contribution in [0.4, 0.5) is 4.39 Å². The van der Waals surface area contributed by atoms with Crippen LogP contribution in [0.3, 0.4) is 0 Å². The van der Waals surface area contributed by atoms with Crippen LogP contribution in [-0.2, 0) is 6.54 Å². The summed E-state index contributed by atoms with van der Waals surface area (Å²) in [5, 5.41) is 16.4. The highest BCUT2D eigenvalue weighted by atomic mass is 127. The van der Waals surface area contributed by atoms with Gasteiger partial charge in [0.05, 0.1) is 15.9 Å². The Morgan fingerprint density at radius 1 is 1.28 bits per heavy atom. The molecule has 2 aromatic rings. The summed E-state index contributed by atoms with van der Waals surface area (Å²) in [6.07, 6.45) is -0.674. The highest BCUT2D eigenvalue weighted by Gasteiger charge is 2.11. The molecule has 1 aromatic carbocycles. The fourth-order valence-corrected chi connectivity index (χ4v) is 3.20. The van der Waals surface area contributed by atoms with Crippen molar-refractivity contribution in [3.8, 4) is 0 Å². The lowest BCUT2D eigenvalue weighted by molar-refractivity contribution is 0.184. The number of rotatable bonds is 6. The molecule has 9 heteroatoms. The summed E-state index contributed by atoms with van der Waals surface area (Å²) in [7, 11) is 0. The van der Waals surface area contributed by atoms with Crippen LogP contribution >= 0.6 is 58.5 Å². The monoisotopic (exact) mass is 517 g/mol. The molecule has 0 saturated heterocycles. The van der Waals surface area contributed by atoms with Crippen molar-refractivity contribution in [3.63, 3.8) is 0 Å². The number of halogens is 4. The van der Waals surface area contributed by atoms with Crippen LogP contribution in [0.5, 0.6) is 0 Å². The second-order valence-corrected chi connectivity index (χ2v) is 7.14. The number of hydrogen-bond donors (Lipinski definition) is 3. The van der Waals surface area contributed by atoms with E-state index in [1.807, 2.05) is 6.92 Å². The zero-order valence-corrected chi connectivity index (χ0v) is 18.1. The van der Waals surface area contributed by atoms with Gasteiger partial charge >= 0.3 is 0 Å². The van der Waals surface area contributed by atoms with Gasteiger partial charge in [0.25, 0.3) is 0 Å². The van der Waals surface area contributed by atoms with Crippen LogP contribution in [-0.4, -0.2) is 24.2 Å². The van der Waals surface area contributed by atoms with E-state index in [1.54, 1.807) is 24.3 Å². The Bertz CT molecular complexity index is 714. The minimum atomic E-state index is -0.674. The maximum atomic E-state index is 13.2. The lowest BCUT2D eigenvalue weighted by atomic mass is 10.2. The fourth-order valence-electron chi connectivity index (χ4n) is 1.95. The van der Waals surface area contributed by atoms with Gasteiger partial charge in [-0.2, -0.15) is 0 Å². The van der Waals surface area contributed by atoms with Crippen molar-refractivity contribution < 1.29 is 9.50 Å². The normalized spacial score (nSPS) is 12.4. The van der Waals surface area contributed by atoms with E-state index >= 15 is 0 Å². The fraction of sp³-hybridized carbons (Fsp3) is 0.312. The first-order chi connectivity index (χ1) is 11.5. The lowest BCUT2D eigenvalue weighted by Gasteiger charge is -2.14. The molecule has 0 aliphatic carbocycles. The number of benzene rings is 1. The van der Waals surface area contributed by atoms with Crippen LogP contribution in [0.2, 0.25) is 9.36 Å². The Morgan fingerprint density at radius 3 is 2.64 bits per heavy atom. The standard InChI is InChI=1S/C16H18Cl2FN3OS.HI/c1-2-20-16(21-8-10-3-4-12(19)11(17)7-10)22-9-13(23)14-5-6-15(18)24-14;/h3-7,13,23H,2,8-9H2,1H3,(H2,20,21,22);1H. The molecular formula is C16H19Cl2FIN3OS. The summed E-state index contributed by atoms with van der Waals surface area (Å²) in [6, 6.07) is 8.05. The van der Waals surface area contributed by atoms with E-state index in [-0.39, 0.29) is 29.0 Å². The molecule has 138 valence electrons. The number of nitrogens with zero attached hydrogens (tertiary/aromatic N) is 1. The third-order valence-corrected chi connectivity index (χ3v) is 4.76. The van der Waals surface area contributed by atoms with Crippen LogP contribution in [0.25, 0.3) is 0 Å². The molecule has 0 spiro atoms. The number of nitrogens with one attached hydrogen (secondary N) is 2. The van der Waals surface area contributed by atoms with Gasteiger partial charge in [-0.3, -0.25) is 0 Å². The highest BCUT2D eigenvalue weighted by Crippen LogP contribution is 2.26. The van der Waals surface area contributed by atoms with Gasteiger partial charge in [0, 0.05) is 18.0 Å². The highest BCUT2D eigenvalue weighted by molar-refractivity contribution is 14.0. The molecule has 0 aliphatic heterocycles. The molecule has 0 radical (unpaired) electrons. The van der Waals surface area contributed by atoms with Crippen molar-refractivity contribution in [2.45, 2.75) is 19.6 Å². The molecule has 1 unspecified atom stereocenters. The van der Waals surface area contributed by atoms with Gasteiger partial charge in [0.2, 0.25) is 0 Å². The zero-order chi connectivity index (χ0) is 17.5. The van der Waals surface area contributed by atoms with Gasteiger partial charge in [0.15, 0.2) is 5.96 Å². The van der Waals surface area contributed by atoms with E-state index in [1.165, 1.54) is 17.4 Å². The number of aliphatic imine (C=N–C) groups is 1. The van der Waals surface area contributed by atoms with E-state index in [0.29, 0.717) is 29.9 Å². The van der Waals surface area contributed by atoms with E-state index in [9.17, 15) is 9.50 Å². The Kier molecular flexibility index (Phi) is 10.0. The molecule has 0 saturated carbocycles. The van der Waals surface area contributed by atoms with Gasteiger partial charge in [-0.05, 0) is 36.8 Å². The van der Waals surface area contributed by atoms with Crippen LogP contribution in [0.15, 0.2) is 35.3 Å². The predicted molar refractivity (Wildman–Crippen MR) is 114 cm³/mol. The van der Waals surface area contributed by atoms with Gasteiger partial charge in [-0.25, -0.2) is 9.38 Å². The number of aliphatic hydroxyl groups is 1. The smallest absolute Gasteiger partial charge is 0.191 e. The molecule has 0 aliphatic rings. The molecule has 25 heavy (non-hydrogen) atoms. The van der Waals surface area contributed by atoms with Crippen molar-refractivity contribution in [1.29, 1.82) is 0 Å². The maximum Gasteiger partial charge on any atom is 0.191 e. The van der Waals surface area contributed by atoms with Crippen molar-refractivity contribution in [2.75, 3.05) is 13.1 Å². The lowest BCUT2D eigenvalue weighted by Crippen LogP contribution is -2.39. The van der Waals surface area contributed by atoms with Crippen molar-refractivity contribution in [1.82, 2.24) is 10.6 Å². The molecule has 1 atom stereocenters. The molecule has 1 heterocycles. The summed E-state index contributed by atoms with van der Waals surface area (Å²) in [6.45, 7) is 3.27. The van der Waals surface area contributed by atoms with Gasteiger partial charge in [-0.15, -0.1) is 35.3 Å². The van der Waals surface area contributed by atoms with Crippen LogP contribution < -0.4 is 10.6 Å². The Morgan fingerprint density at radius 2 is 2.04 bits per heavy atom. The van der Waals surface area contributed by atoms with Crippen molar-refractivity contribution >= 4 is 64.5 Å². The third kappa shape index (κ3) is 7.26. The minimum absolute atomic E-state index is 0. The molecular weight excluding hydrogens is 499 g/mol. The minimum Gasteiger partial charge on any atom is -0.386 e. The van der Waals surface area contributed by atoms with Crippen molar-refractivity contribution in [2.24, 2.45) is 4.99 Å². The summed E-state index contributed by atoms with van der Waals surface area (Å²) < 4.78 is 13.8. The predicted octanol–water partition coefficient (Wildman–Crippen LogP) is 4.60. The average molecular weight is 518 g/mol. The number of thiophene rings is 1. The summed E-state index contributed by atoms with van der Waals surface area (Å²) >= 11 is 13.0. The molecule has 0 fully saturated rings. The first-order valence-electron chi connectivity index (χ1n) is 7.39. The molecule has 3 N–H and O–H groups in total. The van der Waals surface area contributed by atoms with Crippen LogP contribution in [0.1, 0.15) is 23.5 Å². The van der Waals surface area contributed by atoms with Gasteiger partial charge < -0.3 is 15.7 Å². The van der Waals surface area contributed by atoms with Gasteiger partial charge in [0.1, 0.15) is 11.9 Å². The molecule has 0 bridgehead atoms. The summed E-state index contributed by atoms with van der Waals surface area (Å²) in [4.78, 5) is 5.19. The Hall–Kier alpha value is -0.610. The number of guanidine groups is 1. The molecule has 1 aromatic heterocycles. The van der Waals surface area contributed by atoms with E-state index < -0.39 is 11.9 Å². The molecule has 4 nitrogen and oxygen atoms in total. The SMILES string of the molecule is CCNC(=NCc1ccc(F)c(Cl)c1)NCC(O)c1ccc(Cl)s1.I. The summed E-state index contributed by atoms with van der Waals surface area (Å²) in [5.74, 6) is 0.104. The van der Waals surface area contributed by atoms with Crippen LogP contribution in [0, 0.1) is 5.82 Å². The van der Waals surface area contributed by atoms with E-state index in [2.05, 4.69) is 15.6 Å². The largest absolute Gasteiger partial charge is 0.386 e. The summed E-state index contributed by atoms with van der Waals surface area (Å²) in [5.41, 5.74) is 0.796. The quantitative estimate of drug-likeness (QED) is 0.298. The topological polar surface area (TPSA) is 56.7 Å². The number of hydrogen-bond acceptors (Lipinski definition) is 3. The number of aliphatic hydroxyl groups excluding tert-OH is 1. The second kappa shape index (κ2) is 11.2. The Labute approximate surface area is 177 Å². The van der Waals surface area contributed by atoms with E-state index in [4.69, 9.17) is 23.2 Å². The molecule has 0 amide bonds. The second-order valence-electron chi connectivity index (χ2n) is 4.98. The van der Waals surface area contributed by atoms with Gasteiger partial charge in [-0.1, -0.05) is 29.3 Å². The maximum absolute atomic E-state index is 13.2. The first kappa shape index (κ1) is 22.4. The van der Waals surface area contributed by atoms with E-state index in [0.717, 1.165) is 10.4 Å².